The molecular formula is C13H24N2. The van der Waals surface area contributed by atoms with Gasteiger partial charge in [-0.2, -0.15) is 0 Å². The van der Waals surface area contributed by atoms with Crippen molar-refractivity contribution < 1.29 is 0 Å². The molecule has 3 rings (SSSR count). The van der Waals surface area contributed by atoms with Gasteiger partial charge in [-0.3, -0.25) is 4.90 Å². The van der Waals surface area contributed by atoms with Gasteiger partial charge in [-0.25, -0.2) is 0 Å². The summed E-state index contributed by atoms with van der Waals surface area (Å²) in [6.07, 6.45) is 10.1. The molecule has 1 heterocycles. The van der Waals surface area contributed by atoms with Crippen LogP contribution in [0.1, 0.15) is 44.9 Å². The highest BCUT2D eigenvalue weighted by Crippen LogP contribution is 2.38. The van der Waals surface area contributed by atoms with E-state index in [4.69, 9.17) is 5.73 Å². The maximum atomic E-state index is 6.19. The van der Waals surface area contributed by atoms with E-state index in [1.165, 1.54) is 58.0 Å². The van der Waals surface area contributed by atoms with Gasteiger partial charge < -0.3 is 5.73 Å². The van der Waals surface area contributed by atoms with Crippen LogP contribution in [0.2, 0.25) is 0 Å². The molecule has 1 aliphatic heterocycles. The Morgan fingerprint density at radius 2 is 1.80 bits per heavy atom. The zero-order chi connectivity index (χ0) is 10.3. The van der Waals surface area contributed by atoms with Crippen LogP contribution in [0.4, 0.5) is 0 Å². The molecule has 1 saturated heterocycles. The molecule has 0 amide bonds. The molecule has 2 unspecified atom stereocenters. The molecule has 0 bridgehead atoms. The minimum atomic E-state index is 0.461. The van der Waals surface area contributed by atoms with Gasteiger partial charge in [0, 0.05) is 25.2 Å². The van der Waals surface area contributed by atoms with Crippen molar-refractivity contribution in [1.82, 2.24) is 4.90 Å². The van der Waals surface area contributed by atoms with Gasteiger partial charge in [-0.05, 0) is 37.5 Å². The minimum Gasteiger partial charge on any atom is -0.327 e. The van der Waals surface area contributed by atoms with Crippen molar-refractivity contribution in [2.45, 2.75) is 57.0 Å². The second-order valence-electron chi connectivity index (χ2n) is 6.08. The molecule has 0 spiro atoms. The van der Waals surface area contributed by atoms with Crippen molar-refractivity contribution in [3.8, 4) is 0 Å². The van der Waals surface area contributed by atoms with E-state index >= 15 is 0 Å². The van der Waals surface area contributed by atoms with Gasteiger partial charge in [-0.15, -0.1) is 0 Å². The Morgan fingerprint density at radius 1 is 1.00 bits per heavy atom. The molecule has 0 aromatic rings. The summed E-state index contributed by atoms with van der Waals surface area (Å²) in [6.45, 7) is 2.53. The predicted molar refractivity (Wildman–Crippen MR) is 62.6 cm³/mol. The molecule has 2 N–H and O–H groups in total. The van der Waals surface area contributed by atoms with Gasteiger partial charge in [0.1, 0.15) is 0 Å². The second-order valence-corrected chi connectivity index (χ2v) is 6.08. The third-order valence-corrected chi connectivity index (χ3v) is 4.55. The average Bonchev–Trinajstić information content (AvgIpc) is 2.83. The molecule has 0 aromatic heterocycles. The van der Waals surface area contributed by atoms with Crippen LogP contribution in [0.5, 0.6) is 0 Å². The Balaban J connectivity index is 1.54. The molecule has 2 atom stereocenters. The fourth-order valence-corrected chi connectivity index (χ4v) is 3.33. The summed E-state index contributed by atoms with van der Waals surface area (Å²) < 4.78 is 0. The predicted octanol–water partition coefficient (Wildman–Crippen LogP) is 1.99. The maximum Gasteiger partial charge on any atom is 0.0171 e. The number of hydrogen-bond donors (Lipinski definition) is 1. The van der Waals surface area contributed by atoms with Crippen molar-refractivity contribution in [2.75, 3.05) is 13.1 Å². The lowest BCUT2D eigenvalue weighted by Gasteiger charge is -2.44. The molecule has 3 fully saturated rings. The van der Waals surface area contributed by atoms with E-state index in [1.807, 2.05) is 0 Å². The van der Waals surface area contributed by atoms with Crippen LogP contribution in [0, 0.1) is 11.8 Å². The van der Waals surface area contributed by atoms with Crippen molar-refractivity contribution in [3.63, 3.8) is 0 Å². The standard InChI is InChI=1S/C13H24N2/c14-12-7-11(6-10-4-5-10)8-15(9-12)13-2-1-3-13/h10-13H,1-9,14H2. The lowest BCUT2D eigenvalue weighted by molar-refractivity contribution is 0.0628. The van der Waals surface area contributed by atoms with Crippen molar-refractivity contribution in [3.05, 3.63) is 0 Å². The Morgan fingerprint density at radius 3 is 2.40 bits per heavy atom. The molecule has 15 heavy (non-hydrogen) atoms. The SMILES string of the molecule is NC1CC(CC2CC2)CN(C2CCC2)C1. The number of hydrogen-bond acceptors (Lipinski definition) is 2. The van der Waals surface area contributed by atoms with Crippen LogP contribution in [-0.2, 0) is 0 Å². The van der Waals surface area contributed by atoms with Crippen LogP contribution >= 0.6 is 0 Å². The fourth-order valence-electron chi connectivity index (χ4n) is 3.33. The van der Waals surface area contributed by atoms with Crippen LogP contribution in [-0.4, -0.2) is 30.1 Å². The number of nitrogens with zero attached hydrogens (tertiary/aromatic N) is 1. The van der Waals surface area contributed by atoms with Gasteiger partial charge in [0.25, 0.3) is 0 Å². The molecule has 86 valence electrons. The van der Waals surface area contributed by atoms with E-state index in [9.17, 15) is 0 Å². The van der Waals surface area contributed by atoms with Crippen LogP contribution in [0.25, 0.3) is 0 Å². The number of rotatable bonds is 3. The smallest absolute Gasteiger partial charge is 0.0171 e. The molecular weight excluding hydrogens is 184 g/mol. The van der Waals surface area contributed by atoms with Gasteiger partial charge in [0.05, 0.1) is 0 Å². The first kappa shape index (κ1) is 10.1. The average molecular weight is 208 g/mol. The second kappa shape index (κ2) is 4.06. The van der Waals surface area contributed by atoms with Gasteiger partial charge >= 0.3 is 0 Å². The summed E-state index contributed by atoms with van der Waals surface area (Å²) in [4.78, 5) is 2.70. The number of piperidine rings is 1. The van der Waals surface area contributed by atoms with E-state index < -0.39 is 0 Å². The third-order valence-electron chi connectivity index (χ3n) is 4.55. The van der Waals surface area contributed by atoms with Crippen molar-refractivity contribution >= 4 is 0 Å². The molecule has 3 aliphatic rings. The Labute approximate surface area is 93.2 Å². The first-order valence-corrected chi connectivity index (χ1v) is 6.81. The summed E-state index contributed by atoms with van der Waals surface area (Å²) in [5.41, 5.74) is 6.19. The van der Waals surface area contributed by atoms with E-state index in [0.29, 0.717) is 6.04 Å². The highest BCUT2D eigenvalue weighted by Gasteiger charge is 2.34. The fraction of sp³-hybridized carbons (Fsp3) is 1.00. The first-order valence-electron chi connectivity index (χ1n) is 6.81. The van der Waals surface area contributed by atoms with Gasteiger partial charge in [0.2, 0.25) is 0 Å². The zero-order valence-corrected chi connectivity index (χ0v) is 9.70. The summed E-state index contributed by atoms with van der Waals surface area (Å²) in [6, 6.07) is 1.36. The lowest BCUT2D eigenvalue weighted by atomic mass is 9.85. The molecule has 2 heteroatoms. The monoisotopic (exact) mass is 208 g/mol. The topological polar surface area (TPSA) is 29.3 Å². The van der Waals surface area contributed by atoms with Crippen molar-refractivity contribution in [2.24, 2.45) is 17.6 Å². The summed E-state index contributed by atoms with van der Waals surface area (Å²) >= 11 is 0. The highest BCUT2D eigenvalue weighted by atomic mass is 15.2. The molecule has 2 aliphatic carbocycles. The van der Waals surface area contributed by atoms with E-state index in [-0.39, 0.29) is 0 Å². The third kappa shape index (κ3) is 2.36. The number of likely N-dealkylation sites (tertiary alicyclic amines) is 1. The maximum absolute atomic E-state index is 6.19. The van der Waals surface area contributed by atoms with Crippen LogP contribution < -0.4 is 5.73 Å². The first-order chi connectivity index (χ1) is 7.31. The van der Waals surface area contributed by atoms with Gasteiger partial charge in [-0.1, -0.05) is 19.3 Å². The van der Waals surface area contributed by atoms with Crippen molar-refractivity contribution in [1.29, 1.82) is 0 Å². The largest absolute Gasteiger partial charge is 0.327 e. The molecule has 0 radical (unpaired) electrons. The van der Waals surface area contributed by atoms with Crippen LogP contribution in [0.15, 0.2) is 0 Å². The quantitative estimate of drug-likeness (QED) is 0.768. The Bertz CT molecular complexity index is 219. The van der Waals surface area contributed by atoms with Crippen LogP contribution in [0.3, 0.4) is 0 Å². The van der Waals surface area contributed by atoms with E-state index in [0.717, 1.165) is 17.9 Å². The summed E-state index contributed by atoms with van der Waals surface area (Å²) in [5, 5.41) is 0. The molecule has 2 saturated carbocycles. The van der Waals surface area contributed by atoms with Gasteiger partial charge in [0.15, 0.2) is 0 Å². The molecule has 2 nitrogen and oxygen atoms in total. The molecule has 0 aromatic carbocycles. The lowest BCUT2D eigenvalue weighted by Crippen LogP contribution is -2.53. The van der Waals surface area contributed by atoms with E-state index in [1.54, 1.807) is 0 Å². The number of nitrogens with two attached hydrogens (primary N) is 1. The summed E-state index contributed by atoms with van der Waals surface area (Å²) in [5.74, 6) is 1.99. The zero-order valence-electron chi connectivity index (χ0n) is 9.70. The minimum absolute atomic E-state index is 0.461. The highest BCUT2D eigenvalue weighted by molar-refractivity contribution is 4.90. The Kier molecular flexibility index (Phi) is 2.73. The summed E-state index contributed by atoms with van der Waals surface area (Å²) in [7, 11) is 0. The normalized spacial score (nSPS) is 39.0. The Hall–Kier alpha value is -0.0800. The van der Waals surface area contributed by atoms with E-state index in [2.05, 4.69) is 4.90 Å².